The molecule has 2 aromatic carbocycles. The van der Waals surface area contributed by atoms with Crippen LogP contribution in [0, 0.1) is 12.8 Å². The number of carboxylic acids is 1. The standard InChI is InChI=1S/C30H35N3O6/c1-18-16-20(22-8-5-6-10-24(22)31-18)17-38-21-14-12-19(13-15-21)27(34)33-26-23(28(35)36)9-7-11-25(26)32-29(37)39-30(2,3)4/h5-6,8,10,12-16,23,25-26H,7,9,11,17H2,1-4H3,(H,32,37)(H,33,34)(H,35,36)/t23?,25-,26?/m0/s1. The van der Waals surface area contributed by atoms with Crippen molar-refractivity contribution in [1.29, 1.82) is 0 Å². The van der Waals surface area contributed by atoms with Crippen LogP contribution in [0.2, 0.25) is 0 Å². The summed E-state index contributed by atoms with van der Waals surface area (Å²) in [5, 5.41) is 16.4. The van der Waals surface area contributed by atoms with E-state index in [0.717, 1.165) is 22.2 Å². The normalized spacial score (nSPS) is 19.2. The summed E-state index contributed by atoms with van der Waals surface area (Å²) >= 11 is 0. The van der Waals surface area contributed by atoms with Gasteiger partial charge in [-0.15, -0.1) is 0 Å². The second-order valence-corrected chi connectivity index (χ2v) is 10.9. The molecule has 2 amide bonds. The number of benzene rings is 2. The molecule has 1 heterocycles. The molecule has 0 spiro atoms. The lowest BCUT2D eigenvalue weighted by Gasteiger charge is -2.37. The molecule has 39 heavy (non-hydrogen) atoms. The molecule has 9 nitrogen and oxygen atoms in total. The number of pyridine rings is 1. The van der Waals surface area contributed by atoms with Crippen molar-refractivity contribution in [1.82, 2.24) is 15.6 Å². The van der Waals surface area contributed by atoms with Crippen LogP contribution in [0.25, 0.3) is 10.9 Å². The Morgan fingerprint density at radius 1 is 1.03 bits per heavy atom. The number of nitrogens with zero attached hydrogens (tertiary/aromatic N) is 1. The lowest BCUT2D eigenvalue weighted by Crippen LogP contribution is -2.59. The van der Waals surface area contributed by atoms with Gasteiger partial charge in [0.15, 0.2) is 0 Å². The number of aryl methyl sites for hydroxylation is 1. The molecule has 3 N–H and O–H groups in total. The molecule has 206 valence electrons. The van der Waals surface area contributed by atoms with Crippen molar-refractivity contribution >= 4 is 28.9 Å². The number of carbonyl (C=O) groups is 3. The van der Waals surface area contributed by atoms with Crippen molar-refractivity contribution in [2.45, 2.75) is 71.2 Å². The van der Waals surface area contributed by atoms with Crippen LogP contribution in [0.5, 0.6) is 5.75 Å². The fourth-order valence-corrected chi connectivity index (χ4v) is 4.91. The Bertz CT molecular complexity index is 1350. The Hall–Kier alpha value is -4.14. The number of aromatic nitrogens is 1. The number of amides is 2. The second kappa shape index (κ2) is 11.7. The molecule has 3 atom stereocenters. The smallest absolute Gasteiger partial charge is 0.407 e. The van der Waals surface area contributed by atoms with Gasteiger partial charge in [-0.25, -0.2) is 4.79 Å². The fraction of sp³-hybridized carbons (Fsp3) is 0.400. The Kier molecular flexibility index (Phi) is 8.38. The first-order valence-electron chi connectivity index (χ1n) is 13.1. The summed E-state index contributed by atoms with van der Waals surface area (Å²) in [6.45, 7) is 7.54. The molecule has 0 saturated heterocycles. The van der Waals surface area contributed by atoms with Crippen molar-refractivity contribution in [2.24, 2.45) is 5.92 Å². The molecule has 0 radical (unpaired) electrons. The van der Waals surface area contributed by atoms with Crippen LogP contribution >= 0.6 is 0 Å². The van der Waals surface area contributed by atoms with E-state index in [1.807, 2.05) is 37.3 Å². The Labute approximate surface area is 227 Å². The number of nitrogens with one attached hydrogen (secondary N) is 2. The molecular formula is C30H35N3O6. The summed E-state index contributed by atoms with van der Waals surface area (Å²) in [6, 6.07) is 15.2. The first-order valence-corrected chi connectivity index (χ1v) is 13.1. The Morgan fingerprint density at radius 2 is 1.74 bits per heavy atom. The van der Waals surface area contributed by atoms with E-state index in [-0.39, 0.29) is 0 Å². The third-order valence-electron chi connectivity index (χ3n) is 6.66. The SMILES string of the molecule is Cc1cc(COc2ccc(C(=O)NC3C(C(=O)O)CCC[C@@H]3NC(=O)OC(C)(C)C)cc2)c2ccccc2n1. The number of ether oxygens (including phenoxy) is 2. The molecule has 9 heteroatoms. The van der Waals surface area contributed by atoms with Gasteiger partial charge in [0.1, 0.15) is 18.0 Å². The Morgan fingerprint density at radius 3 is 2.44 bits per heavy atom. The number of aliphatic carboxylic acids is 1. The number of hydrogen-bond donors (Lipinski definition) is 3. The van der Waals surface area contributed by atoms with Crippen LogP contribution in [0.15, 0.2) is 54.6 Å². The third kappa shape index (κ3) is 7.25. The van der Waals surface area contributed by atoms with Gasteiger partial charge in [-0.05, 0) is 76.9 Å². The predicted molar refractivity (Wildman–Crippen MR) is 147 cm³/mol. The van der Waals surface area contributed by atoms with Crippen LogP contribution < -0.4 is 15.4 Å². The quantitative estimate of drug-likeness (QED) is 0.390. The maximum Gasteiger partial charge on any atom is 0.407 e. The predicted octanol–water partition coefficient (Wildman–Crippen LogP) is 5.00. The van der Waals surface area contributed by atoms with E-state index in [1.165, 1.54) is 0 Å². The van der Waals surface area contributed by atoms with E-state index in [0.29, 0.717) is 37.2 Å². The van der Waals surface area contributed by atoms with Gasteiger partial charge in [0.25, 0.3) is 5.91 Å². The van der Waals surface area contributed by atoms with Crippen molar-refractivity contribution in [3.63, 3.8) is 0 Å². The molecule has 4 rings (SSSR count). The van der Waals surface area contributed by atoms with Crippen LogP contribution in [0.1, 0.15) is 61.6 Å². The summed E-state index contributed by atoms with van der Waals surface area (Å²) < 4.78 is 11.3. The van der Waals surface area contributed by atoms with Gasteiger partial charge in [-0.3, -0.25) is 14.6 Å². The van der Waals surface area contributed by atoms with E-state index < -0.39 is 41.6 Å². The van der Waals surface area contributed by atoms with Gasteiger partial charge in [-0.2, -0.15) is 0 Å². The van der Waals surface area contributed by atoms with Gasteiger partial charge in [-0.1, -0.05) is 24.6 Å². The second-order valence-electron chi connectivity index (χ2n) is 10.9. The molecule has 1 aromatic heterocycles. The van der Waals surface area contributed by atoms with Gasteiger partial charge >= 0.3 is 12.1 Å². The molecule has 1 aliphatic rings. The monoisotopic (exact) mass is 533 g/mol. The zero-order valence-corrected chi connectivity index (χ0v) is 22.7. The summed E-state index contributed by atoms with van der Waals surface area (Å²) in [4.78, 5) is 42.0. The van der Waals surface area contributed by atoms with Crippen molar-refractivity contribution in [2.75, 3.05) is 0 Å². The molecule has 1 saturated carbocycles. The van der Waals surface area contributed by atoms with E-state index in [4.69, 9.17) is 9.47 Å². The van der Waals surface area contributed by atoms with Crippen LogP contribution in [0.4, 0.5) is 4.79 Å². The van der Waals surface area contributed by atoms with Crippen molar-refractivity contribution in [3.05, 3.63) is 71.4 Å². The lowest BCUT2D eigenvalue weighted by molar-refractivity contribution is -0.144. The highest BCUT2D eigenvalue weighted by Gasteiger charge is 2.40. The largest absolute Gasteiger partial charge is 0.489 e. The first-order chi connectivity index (χ1) is 18.5. The zero-order valence-electron chi connectivity index (χ0n) is 22.7. The van der Waals surface area contributed by atoms with Gasteiger partial charge < -0.3 is 25.2 Å². The number of alkyl carbamates (subject to hydrolysis) is 1. The molecule has 2 unspecified atom stereocenters. The number of carbonyl (C=O) groups excluding carboxylic acids is 2. The third-order valence-corrected chi connectivity index (χ3v) is 6.66. The summed E-state index contributed by atoms with van der Waals surface area (Å²) in [5.41, 5.74) is 2.49. The number of carboxylic acid groups (broad SMARTS) is 1. The van der Waals surface area contributed by atoms with Crippen molar-refractivity contribution < 1.29 is 29.0 Å². The van der Waals surface area contributed by atoms with Crippen molar-refractivity contribution in [3.8, 4) is 5.75 Å². The minimum atomic E-state index is -1.02. The summed E-state index contributed by atoms with van der Waals surface area (Å²) in [6.07, 6.45) is 0.908. The van der Waals surface area contributed by atoms with Gasteiger partial charge in [0.2, 0.25) is 0 Å². The maximum absolute atomic E-state index is 13.1. The zero-order chi connectivity index (χ0) is 28.2. The summed E-state index contributed by atoms with van der Waals surface area (Å²) in [7, 11) is 0. The maximum atomic E-state index is 13.1. The van der Waals surface area contributed by atoms with Crippen LogP contribution in [-0.4, -0.2) is 45.7 Å². The van der Waals surface area contributed by atoms with Gasteiger partial charge in [0.05, 0.1) is 23.5 Å². The highest BCUT2D eigenvalue weighted by atomic mass is 16.6. The van der Waals surface area contributed by atoms with Crippen LogP contribution in [0.3, 0.4) is 0 Å². The number of para-hydroxylation sites is 1. The fourth-order valence-electron chi connectivity index (χ4n) is 4.91. The summed E-state index contributed by atoms with van der Waals surface area (Å²) in [5.74, 6) is -1.68. The average molecular weight is 534 g/mol. The van der Waals surface area contributed by atoms with E-state index in [1.54, 1.807) is 45.0 Å². The topological polar surface area (TPSA) is 127 Å². The van der Waals surface area contributed by atoms with Gasteiger partial charge in [0, 0.05) is 22.2 Å². The number of fused-ring (bicyclic) bond motifs is 1. The highest BCUT2D eigenvalue weighted by Crippen LogP contribution is 2.27. The molecule has 0 aliphatic heterocycles. The van der Waals surface area contributed by atoms with E-state index >= 15 is 0 Å². The number of hydrogen-bond acceptors (Lipinski definition) is 6. The molecule has 0 bridgehead atoms. The number of rotatable bonds is 7. The minimum absolute atomic E-state index is 0.343. The molecule has 1 fully saturated rings. The van der Waals surface area contributed by atoms with E-state index in [9.17, 15) is 19.5 Å². The van der Waals surface area contributed by atoms with E-state index in [2.05, 4.69) is 15.6 Å². The lowest BCUT2D eigenvalue weighted by atomic mass is 9.80. The Balaban J connectivity index is 1.43. The molecule has 1 aliphatic carbocycles. The average Bonchev–Trinajstić information content (AvgIpc) is 2.87. The molecular weight excluding hydrogens is 498 g/mol. The molecule has 3 aromatic rings. The minimum Gasteiger partial charge on any atom is -0.489 e. The van der Waals surface area contributed by atoms with Crippen LogP contribution in [-0.2, 0) is 16.1 Å². The highest BCUT2D eigenvalue weighted by molar-refractivity contribution is 5.95. The first kappa shape index (κ1) is 27.9.